The van der Waals surface area contributed by atoms with Crippen LogP contribution in [-0.4, -0.2) is 58.1 Å². The van der Waals surface area contributed by atoms with Crippen LogP contribution in [0.5, 0.6) is 0 Å². The molecule has 232 valence electrons. The highest BCUT2D eigenvalue weighted by atomic mass is 19.1. The third-order valence-corrected chi connectivity index (χ3v) is 10.3. The number of fused-ring (bicyclic) bond motifs is 1. The summed E-state index contributed by atoms with van der Waals surface area (Å²) >= 11 is 0. The van der Waals surface area contributed by atoms with E-state index in [1.807, 2.05) is 0 Å². The number of nitrogens with one attached hydrogen (secondary N) is 1. The summed E-state index contributed by atoms with van der Waals surface area (Å²) < 4.78 is 15.0. The van der Waals surface area contributed by atoms with Crippen LogP contribution in [0.3, 0.4) is 0 Å². The summed E-state index contributed by atoms with van der Waals surface area (Å²) in [5.41, 5.74) is 0.510. The van der Waals surface area contributed by atoms with Gasteiger partial charge in [0.1, 0.15) is 24.4 Å². The average Bonchev–Trinajstić information content (AvgIpc) is 3.00. The summed E-state index contributed by atoms with van der Waals surface area (Å²) in [5, 5.41) is 11.6. The van der Waals surface area contributed by atoms with E-state index in [9.17, 15) is 29.1 Å². The van der Waals surface area contributed by atoms with Crippen molar-refractivity contribution in [3.8, 4) is 0 Å². The number of carboxylic acid groups (broad SMARTS) is 1. The van der Waals surface area contributed by atoms with Crippen molar-refractivity contribution in [1.82, 2.24) is 10.2 Å². The van der Waals surface area contributed by atoms with E-state index in [1.165, 1.54) is 42.1 Å². The fourth-order valence-corrected chi connectivity index (χ4v) is 9.00. The minimum atomic E-state index is -1.40. The van der Waals surface area contributed by atoms with Crippen molar-refractivity contribution in [3.05, 3.63) is 65.5 Å². The molecule has 7 rings (SSSR count). The van der Waals surface area contributed by atoms with Crippen molar-refractivity contribution < 1.29 is 33.5 Å². The number of rotatable bonds is 7. The van der Waals surface area contributed by atoms with E-state index in [-0.39, 0.29) is 28.8 Å². The van der Waals surface area contributed by atoms with E-state index in [0.29, 0.717) is 24.2 Å². The molecule has 1 aliphatic heterocycles. The minimum absolute atomic E-state index is 0.172. The van der Waals surface area contributed by atoms with Crippen molar-refractivity contribution in [3.63, 3.8) is 0 Å². The topological polar surface area (TPSA) is 124 Å². The fraction of sp³-hybridized carbons (Fsp3) is 0.500. The van der Waals surface area contributed by atoms with Gasteiger partial charge in [0.05, 0.1) is 12.2 Å². The van der Waals surface area contributed by atoms with E-state index in [0.717, 1.165) is 19.3 Å². The molecule has 2 atom stereocenters. The van der Waals surface area contributed by atoms with Crippen molar-refractivity contribution in [2.45, 2.75) is 76.9 Å². The number of Topliss-reactive ketones (excluding diaryl/α,β-unsaturated/α-hetero) is 1. The van der Waals surface area contributed by atoms with Gasteiger partial charge in [-0.2, -0.15) is 0 Å². The van der Waals surface area contributed by atoms with Gasteiger partial charge >= 0.3 is 5.97 Å². The molecule has 2 aromatic rings. The van der Waals surface area contributed by atoms with Crippen LogP contribution in [0.25, 0.3) is 0 Å². The smallest absolute Gasteiger partial charge is 0.322 e. The Bertz CT molecular complexity index is 1470. The maximum Gasteiger partial charge on any atom is 0.322 e. The van der Waals surface area contributed by atoms with Gasteiger partial charge in [-0.1, -0.05) is 30.3 Å². The predicted molar refractivity (Wildman–Crippen MR) is 159 cm³/mol. The number of carboxylic acids is 1. The molecule has 0 unspecified atom stereocenters. The number of ketones is 1. The first kappa shape index (κ1) is 30.0. The molecule has 10 heteroatoms. The Morgan fingerprint density at radius 2 is 1.57 bits per heavy atom. The van der Waals surface area contributed by atoms with E-state index >= 15 is 4.39 Å². The summed E-state index contributed by atoms with van der Waals surface area (Å²) in [6.45, 7) is 0.405. The van der Waals surface area contributed by atoms with Gasteiger partial charge < -0.3 is 20.2 Å². The summed E-state index contributed by atoms with van der Waals surface area (Å²) in [5.74, 6) is -2.44. The van der Waals surface area contributed by atoms with E-state index in [2.05, 4.69) is 5.32 Å². The molecule has 4 bridgehead atoms. The highest BCUT2D eigenvalue weighted by molar-refractivity contribution is 6.10. The van der Waals surface area contributed by atoms with Crippen LogP contribution < -0.4 is 10.2 Å². The second-order valence-electron chi connectivity index (χ2n) is 13.4. The lowest BCUT2D eigenvalue weighted by molar-refractivity contribution is -0.150. The number of carbonyl (C=O) groups excluding carboxylic acids is 4. The number of aliphatic carboxylic acids is 1. The lowest BCUT2D eigenvalue weighted by Crippen LogP contribution is -2.60. The predicted octanol–water partition coefficient (Wildman–Crippen LogP) is 4.34. The summed E-state index contributed by atoms with van der Waals surface area (Å²) in [6, 6.07) is 10.1. The van der Waals surface area contributed by atoms with Gasteiger partial charge in [0.15, 0.2) is 5.78 Å². The molecule has 9 nitrogen and oxygen atoms in total. The van der Waals surface area contributed by atoms with Gasteiger partial charge in [0, 0.05) is 24.5 Å². The van der Waals surface area contributed by atoms with Gasteiger partial charge in [-0.05, 0) is 86.3 Å². The number of amides is 3. The molecule has 0 saturated heterocycles. The maximum atomic E-state index is 15.0. The lowest BCUT2D eigenvalue weighted by atomic mass is 9.48. The molecule has 4 aliphatic carbocycles. The number of anilines is 1. The highest BCUT2D eigenvalue weighted by Crippen LogP contribution is 2.62. The minimum Gasteiger partial charge on any atom is -0.480 e. The van der Waals surface area contributed by atoms with Crippen molar-refractivity contribution in [2.24, 2.45) is 23.2 Å². The second-order valence-corrected chi connectivity index (χ2v) is 13.4. The Morgan fingerprint density at radius 1 is 0.955 bits per heavy atom. The Balaban J connectivity index is 1.49. The normalized spacial score (nSPS) is 29.5. The lowest BCUT2D eigenvalue weighted by Gasteiger charge is -2.58. The van der Waals surface area contributed by atoms with Crippen LogP contribution in [0.15, 0.2) is 48.5 Å². The largest absolute Gasteiger partial charge is 0.480 e. The van der Waals surface area contributed by atoms with Gasteiger partial charge in [0.25, 0.3) is 0 Å². The zero-order valence-corrected chi connectivity index (χ0v) is 24.8. The van der Waals surface area contributed by atoms with E-state index in [4.69, 9.17) is 0 Å². The van der Waals surface area contributed by atoms with Crippen LogP contribution in [-0.2, 0) is 25.7 Å². The Hall–Kier alpha value is -4.08. The number of halogens is 1. The van der Waals surface area contributed by atoms with Gasteiger partial charge in [-0.25, -0.2) is 4.39 Å². The van der Waals surface area contributed by atoms with Gasteiger partial charge in [-0.15, -0.1) is 0 Å². The van der Waals surface area contributed by atoms with Crippen molar-refractivity contribution in [2.75, 3.05) is 11.4 Å². The Kier molecular flexibility index (Phi) is 8.02. The molecular weight excluding hydrogens is 565 g/mol. The molecule has 4 fully saturated rings. The molecular formula is C34H38FN3O6. The fourth-order valence-electron chi connectivity index (χ4n) is 9.00. The summed E-state index contributed by atoms with van der Waals surface area (Å²) in [4.78, 5) is 69.9. The van der Waals surface area contributed by atoms with Crippen LogP contribution >= 0.6 is 0 Å². The molecule has 0 radical (unpaired) electrons. The second kappa shape index (κ2) is 11.8. The monoisotopic (exact) mass is 603 g/mol. The number of nitrogens with zero attached hydrogens (tertiary/aromatic N) is 2. The standard InChI is InChI=1S/C34H38FN3O6/c1-20(39)38-28(32(43)36-18-31(41)42)13-30(40)25-7-3-5-9-27(25)37(19-24-6-2-4-8-26(24)35)33(44)29(38)17-34-14-21-10-22(15-34)12-23(11-21)16-34/h2-9,21-23,28-29H,10-19H2,1H3,(H,36,43)(H,41,42)/t21?,22?,23?,28-,29+,34?/m1/s1. The third-order valence-electron chi connectivity index (χ3n) is 10.3. The van der Waals surface area contributed by atoms with E-state index < -0.39 is 60.3 Å². The quantitative estimate of drug-likeness (QED) is 0.486. The maximum absolute atomic E-state index is 15.0. The van der Waals surface area contributed by atoms with Gasteiger partial charge in [0.2, 0.25) is 17.7 Å². The molecule has 4 saturated carbocycles. The van der Waals surface area contributed by atoms with Crippen LogP contribution in [0.2, 0.25) is 0 Å². The molecule has 5 aliphatic rings. The molecule has 3 amide bonds. The highest BCUT2D eigenvalue weighted by Gasteiger charge is 2.54. The zero-order valence-electron chi connectivity index (χ0n) is 24.8. The van der Waals surface area contributed by atoms with Crippen molar-refractivity contribution >= 4 is 35.2 Å². The number of hydrogen-bond donors (Lipinski definition) is 2. The molecule has 1 heterocycles. The molecule has 2 N–H and O–H groups in total. The third kappa shape index (κ3) is 5.74. The van der Waals surface area contributed by atoms with Crippen LogP contribution in [0.4, 0.5) is 10.1 Å². The summed E-state index contributed by atoms with van der Waals surface area (Å²) in [6.07, 6.45) is 6.23. The molecule has 0 aromatic heterocycles. The number of carbonyl (C=O) groups is 5. The van der Waals surface area contributed by atoms with Crippen molar-refractivity contribution in [1.29, 1.82) is 0 Å². The number of hydrogen-bond acceptors (Lipinski definition) is 5. The number of para-hydroxylation sites is 1. The number of benzene rings is 2. The molecule has 0 spiro atoms. The van der Waals surface area contributed by atoms with Gasteiger partial charge in [-0.3, -0.25) is 24.0 Å². The summed E-state index contributed by atoms with van der Waals surface area (Å²) in [7, 11) is 0. The average molecular weight is 604 g/mol. The van der Waals surface area contributed by atoms with Crippen LogP contribution in [0.1, 0.15) is 74.2 Å². The van der Waals surface area contributed by atoms with E-state index in [1.54, 1.807) is 42.5 Å². The zero-order chi connectivity index (χ0) is 31.2. The van der Waals surface area contributed by atoms with Crippen LogP contribution in [0, 0.1) is 29.0 Å². The Labute approximate surface area is 255 Å². The first-order valence-corrected chi connectivity index (χ1v) is 15.5. The first-order chi connectivity index (χ1) is 21.0. The first-order valence-electron chi connectivity index (χ1n) is 15.5. The molecule has 2 aromatic carbocycles. The Morgan fingerprint density at radius 3 is 2.18 bits per heavy atom. The SMILES string of the molecule is CC(=O)N1[C@@H](C(=O)NCC(=O)O)CC(=O)c2ccccc2N(Cc2ccccc2F)C(=O)[C@@H]1CC12CC3CC(CC(C3)C1)C2. The molecule has 44 heavy (non-hydrogen) atoms.